The van der Waals surface area contributed by atoms with Crippen LogP contribution in [0.4, 0.5) is 37.2 Å². The fraction of sp³-hybridized carbons (Fsp3) is 0.458. The number of nitro groups is 1. The molecule has 1 amide bonds. The molecule has 6 aliphatic rings. The van der Waals surface area contributed by atoms with Gasteiger partial charge in [0, 0.05) is 87.8 Å². The number of piperidine rings is 1. The summed E-state index contributed by atoms with van der Waals surface area (Å²) in [6.07, 6.45) is 8.68. The Balaban J connectivity index is 0.796. The molecule has 6 heterocycles. The zero-order valence-corrected chi connectivity index (χ0v) is 45.3. The van der Waals surface area contributed by atoms with E-state index in [-0.39, 0.29) is 41.3 Å². The predicted octanol–water partition coefficient (Wildman–Crippen LogP) is 9.53. The van der Waals surface area contributed by atoms with Crippen molar-refractivity contribution < 1.29 is 41.5 Å². The number of aromatic nitrogens is 2. The van der Waals surface area contributed by atoms with Gasteiger partial charge in [-0.3, -0.25) is 24.7 Å². The number of amides is 1. The smallest absolute Gasteiger partial charge is 0.293 e. The van der Waals surface area contributed by atoms with Crippen molar-refractivity contribution in [1.29, 1.82) is 0 Å². The van der Waals surface area contributed by atoms with E-state index in [9.17, 15) is 37.2 Å². The van der Waals surface area contributed by atoms with Gasteiger partial charge in [-0.2, -0.15) is 4.98 Å². The number of carbonyl (C=O) groups excluding carboxylic acids is 1. The lowest BCUT2D eigenvalue weighted by molar-refractivity contribution is -0.384. The summed E-state index contributed by atoms with van der Waals surface area (Å²) in [6.45, 7) is 9.64. The lowest BCUT2D eigenvalue weighted by Gasteiger charge is -2.58. The van der Waals surface area contributed by atoms with Crippen molar-refractivity contribution in [3.8, 4) is 5.88 Å². The highest BCUT2D eigenvalue weighted by atomic mass is 32.2. The van der Waals surface area contributed by atoms with Crippen molar-refractivity contribution in [2.24, 2.45) is 11.3 Å². The molecule has 3 saturated heterocycles. The first kappa shape index (κ1) is 53.0. The number of piperazine rings is 1. The summed E-state index contributed by atoms with van der Waals surface area (Å²) in [5, 5.41) is 26.8. The topological polar surface area (TPSA) is 199 Å². The minimum Gasteiger partial charge on any atom is -0.468 e. The van der Waals surface area contributed by atoms with Gasteiger partial charge in [-0.1, -0.05) is 30.3 Å². The molecule has 416 valence electrons. The Hall–Kier alpha value is -6.71. The standard InChI is InChI=1S/C59H67F2N9O8S/c1-37-5-3-4-6-44(37)53-35-66(34-39-7-11-46(60)47(61)27-39)24-25-68(53)42-31-59(32-42)19-22-67(23-20-59)41-8-10-45(50(29-41)69-49-16-26-77-36-54(49)78-57-52(69)28-40-15-21-62-55(40)64-57)56(71)65-79(75,76)43-9-12-48(51(30-43)70(73)74)63-33-38-13-17-58(2,72)18-14-38/h3-12,15,21,27-30,38,42,49,53-54,63,72H,13-14,16-20,22-26,31-36H2,1-2H3,(H,62,64)(H,65,71)/t38?,49-,53-,54-,58?/m0/s1. The van der Waals surface area contributed by atoms with Crippen LogP contribution in [0.15, 0.2) is 102 Å². The van der Waals surface area contributed by atoms with E-state index >= 15 is 0 Å². The molecule has 6 aromatic rings. The zero-order valence-electron chi connectivity index (χ0n) is 44.5. The van der Waals surface area contributed by atoms with E-state index in [1.54, 1.807) is 18.3 Å². The van der Waals surface area contributed by atoms with E-state index in [2.05, 4.69) is 65.8 Å². The molecule has 4 aromatic carbocycles. The molecule has 5 fully saturated rings. The number of anilines is 4. The van der Waals surface area contributed by atoms with Gasteiger partial charge in [0.2, 0.25) is 5.88 Å². The molecule has 17 nitrogen and oxygen atoms in total. The number of nitro benzene ring substituents is 1. The fourth-order valence-corrected chi connectivity index (χ4v) is 14.4. The van der Waals surface area contributed by atoms with Gasteiger partial charge in [0.25, 0.3) is 21.6 Å². The SMILES string of the molecule is Cc1ccccc1[C@@H]1CN(Cc2ccc(F)c(F)c2)CCN1C1CC2(CCN(c3ccc(C(=O)NS(=O)(=O)c4ccc(NCC5CCC(C)(O)CC5)c([N+](=O)[O-])c4)c(N4c5cc6cc[nH]c6nc5O[C@H]5COCC[C@@H]54)c3)CC2)C1. The number of H-pyrrole nitrogens is 1. The number of aromatic amines is 1. The van der Waals surface area contributed by atoms with E-state index < -0.39 is 54.8 Å². The van der Waals surface area contributed by atoms with Crippen LogP contribution < -0.4 is 24.6 Å². The molecule has 4 N–H and O–H groups in total. The molecule has 0 unspecified atom stereocenters. The van der Waals surface area contributed by atoms with E-state index in [1.165, 1.54) is 35.4 Å². The number of ether oxygens (including phenoxy) is 2. The van der Waals surface area contributed by atoms with Crippen molar-refractivity contribution in [3.05, 3.63) is 141 Å². The van der Waals surface area contributed by atoms with Gasteiger partial charge in [0.05, 0.1) is 39.3 Å². The number of pyridine rings is 1. The summed E-state index contributed by atoms with van der Waals surface area (Å²) in [6, 6.07) is 25.9. The maximum atomic E-state index is 14.8. The maximum Gasteiger partial charge on any atom is 0.293 e. The summed E-state index contributed by atoms with van der Waals surface area (Å²) >= 11 is 0. The highest BCUT2D eigenvalue weighted by molar-refractivity contribution is 7.90. The first-order valence-electron chi connectivity index (χ1n) is 27.7. The lowest BCUT2D eigenvalue weighted by atomic mass is 9.59. The number of sulfonamides is 1. The number of rotatable bonds is 13. The highest BCUT2D eigenvalue weighted by Gasteiger charge is 2.50. The Morgan fingerprint density at radius 1 is 0.924 bits per heavy atom. The van der Waals surface area contributed by atoms with Crippen LogP contribution in [0.5, 0.6) is 5.88 Å². The predicted molar refractivity (Wildman–Crippen MR) is 296 cm³/mol. The van der Waals surface area contributed by atoms with Gasteiger partial charge < -0.3 is 34.7 Å². The summed E-state index contributed by atoms with van der Waals surface area (Å²) in [4.78, 5) is 43.6. The molecule has 2 saturated carbocycles. The van der Waals surface area contributed by atoms with Crippen molar-refractivity contribution >= 4 is 55.4 Å². The molecule has 12 rings (SSSR count). The van der Waals surface area contributed by atoms with Gasteiger partial charge in [-0.15, -0.1) is 0 Å². The Morgan fingerprint density at radius 2 is 1.72 bits per heavy atom. The van der Waals surface area contributed by atoms with E-state index in [4.69, 9.17) is 14.5 Å². The number of hydrogen-bond donors (Lipinski definition) is 4. The Bertz CT molecular complexity index is 3410. The minimum atomic E-state index is -4.65. The van der Waals surface area contributed by atoms with Crippen LogP contribution in [-0.2, 0) is 21.3 Å². The summed E-state index contributed by atoms with van der Waals surface area (Å²) in [5.74, 6) is -2.05. The molecule has 4 aliphatic heterocycles. The first-order chi connectivity index (χ1) is 38.0. The third-order valence-electron chi connectivity index (χ3n) is 18.0. The number of hydrogen-bond acceptors (Lipinski definition) is 14. The minimum absolute atomic E-state index is 0.0854. The number of halogens is 2. The van der Waals surface area contributed by atoms with Gasteiger partial charge in [-0.05, 0) is 154 Å². The van der Waals surface area contributed by atoms with E-state index in [1.807, 2.05) is 31.2 Å². The number of nitrogens with one attached hydrogen (secondary N) is 3. The second-order valence-electron chi connectivity index (χ2n) is 23.2. The van der Waals surface area contributed by atoms with Crippen LogP contribution in [0, 0.1) is 40.0 Å². The second kappa shape index (κ2) is 21.1. The number of aryl methyl sites for hydroxylation is 1. The Labute approximate surface area is 458 Å². The number of fused-ring (bicyclic) bond motifs is 3. The van der Waals surface area contributed by atoms with Crippen LogP contribution in [-0.4, -0.2) is 120 Å². The maximum absolute atomic E-state index is 14.8. The summed E-state index contributed by atoms with van der Waals surface area (Å²) < 4.78 is 71.3. The molecule has 0 bridgehead atoms. The van der Waals surface area contributed by atoms with Crippen molar-refractivity contribution in [1.82, 2.24) is 24.5 Å². The number of nitrogens with zero attached hydrogens (tertiary/aromatic N) is 6. The number of benzene rings is 4. The highest BCUT2D eigenvalue weighted by Crippen LogP contribution is 2.54. The average Bonchev–Trinajstić information content (AvgIpc) is 3.89. The van der Waals surface area contributed by atoms with E-state index in [0.29, 0.717) is 67.9 Å². The van der Waals surface area contributed by atoms with Crippen LogP contribution in [0.3, 0.4) is 0 Å². The quantitative estimate of drug-likeness (QED) is 0.0630. The third kappa shape index (κ3) is 10.6. The molecular weight excluding hydrogens is 1030 g/mol. The van der Waals surface area contributed by atoms with E-state index in [0.717, 1.165) is 94.0 Å². The van der Waals surface area contributed by atoms with Crippen LogP contribution in [0.1, 0.15) is 97.8 Å². The van der Waals surface area contributed by atoms with Crippen molar-refractivity contribution in [3.63, 3.8) is 0 Å². The molecule has 20 heteroatoms. The molecule has 3 atom stereocenters. The molecule has 1 spiro atoms. The van der Waals surface area contributed by atoms with Crippen LogP contribution in [0.25, 0.3) is 11.0 Å². The summed E-state index contributed by atoms with van der Waals surface area (Å²) in [7, 11) is -4.65. The van der Waals surface area contributed by atoms with Gasteiger partial charge in [0.1, 0.15) is 23.1 Å². The molecule has 2 aromatic heterocycles. The number of carbonyl (C=O) groups is 1. The molecule has 79 heavy (non-hydrogen) atoms. The monoisotopic (exact) mass is 1100 g/mol. The van der Waals surface area contributed by atoms with Gasteiger partial charge in [-0.25, -0.2) is 21.9 Å². The van der Waals surface area contributed by atoms with Crippen molar-refractivity contribution in [2.75, 3.05) is 67.6 Å². The second-order valence-corrected chi connectivity index (χ2v) is 24.9. The lowest BCUT2D eigenvalue weighted by Crippen LogP contribution is -2.59. The first-order valence-corrected chi connectivity index (χ1v) is 29.2. The Morgan fingerprint density at radius 3 is 2.49 bits per heavy atom. The Kier molecular flexibility index (Phi) is 14.1. The third-order valence-corrected chi connectivity index (χ3v) is 19.3. The number of aliphatic hydroxyl groups is 1. The average molecular weight is 1100 g/mol. The summed E-state index contributed by atoms with van der Waals surface area (Å²) in [5.41, 5.74) is 5.10. The van der Waals surface area contributed by atoms with Gasteiger partial charge >= 0.3 is 0 Å². The molecular formula is C59H67F2N9O8S. The fourth-order valence-electron chi connectivity index (χ4n) is 13.4. The largest absolute Gasteiger partial charge is 0.468 e. The van der Waals surface area contributed by atoms with Crippen LogP contribution >= 0.6 is 0 Å². The molecule has 0 radical (unpaired) electrons. The van der Waals surface area contributed by atoms with Gasteiger partial charge in [0.15, 0.2) is 11.6 Å². The molecule has 2 aliphatic carbocycles. The normalized spacial score (nSPS) is 24.6. The van der Waals surface area contributed by atoms with Crippen molar-refractivity contribution in [2.45, 2.75) is 113 Å². The van der Waals surface area contributed by atoms with Crippen LogP contribution in [0.2, 0.25) is 0 Å². The zero-order chi connectivity index (χ0) is 54.8.